The standard InChI is InChI=1S/C13H17NO3S/c1-2-18(16,17)13-6-4-3-5-12(13)14-9-7-11(15)8-10-14/h3-6H,2,7-10H2,1H3. The SMILES string of the molecule is CCS(=O)(=O)c1ccccc1N1CCC(=O)CC1. The predicted octanol–water partition coefficient (Wildman–Crippen LogP) is 1.65. The van der Waals surface area contributed by atoms with E-state index in [0.717, 1.165) is 5.69 Å². The van der Waals surface area contributed by atoms with Gasteiger partial charge < -0.3 is 4.90 Å². The number of hydrogen-bond acceptors (Lipinski definition) is 4. The topological polar surface area (TPSA) is 54.5 Å². The highest BCUT2D eigenvalue weighted by Crippen LogP contribution is 2.27. The summed E-state index contributed by atoms with van der Waals surface area (Å²) in [5, 5.41) is 0. The van der Waals surface area contributed by atoms with Gasteiger partial charge in [-0.15, -0.1) is 0 Å². The first kappa shape index (κ1) is 13.1. The molecule has 0 saturated carbocycles. The number of benzene rings is 1. The Hall–Kier alpha value is -1.36. The molecule has 98 valence electrons. The lowest BCUT2D eigenvalue weighted by Crippen LogP contribution is -2.34. The zero-order valence-electron chi connectivity index (χ0n) is 10.4. The Morgan fingerprint density at radius 1 is 1.17 bits per heavy atom. The van der Waals surface area contributed by atoms with Gasteiger partial charge in [-0.2, -0.15) is 0 Å². The molecule has 0 bridgehead atoms. The highest BCUT2D eigenvalue weighted by atomic mass is 32.2. The number of carbonyl (C=O) groups excluding carboxylic acids is 1. The van der Waals surface area contributed by atoms with Gasteiger partial charge in [-0.1, -0.05) is 19.1 Å². The smallest absolute Gasteiger partial charge is 0.180 e. The van der Waals surface area contributed by atoms with Gasteiger partial charge in [0.05, 0.1) is 16.3 Å². The third-order valence-electron chi connectivity index (χ3n) is 3.24. The summed E-state index contributed by atoms with van der Waals surface area (Å²) in [7, 11) is -3.22. The fourth-order valence-corrected chi connectivity index (χ4v) is 3.25. The molecule has 1 aromatic carbocycles. The van der Waals surface area contributed by atoms with Crippen molar-refractivity contribution in [3.8, 4) is 0 Å². The van der Waals surface area contributed by atoms with E-state index in [0.29, 0.717) is 30.8 Å². The summed E-state index contributed by atoms with van der Waals surface area (Å²) in [5.74, 6) is 0.346. The van der Waals surface area contributed by atoms with Gasteiger partial charge in [0.15, 0.2) is 9.84 Å². The van der Waals surface area contributed by atoms with Gasteiger partial charge in [-0.05, 0) is 12.1 Å². The largest absolute Gasteiger partial charge is 0.370 e. The summed E-state index contributed by atoms with van der Waals surface area (Å²) in [5.41, 5.74) is 0.729. The molecule has 0 N–H and O–H groups in total. The number of hydrogen-bond donors (Lipinski definition) is 0. The van der Waals surface area contributed by atoms with Crippen molar-refractivity contribution in [3.05, 3.63) is 24.3 Å². The Balaban J connectivity index is 2.37. The van der Waals surface area contributed by atoms with Gasteiger partial charge >= 0.3 is 0 Å². The van der Waals surface area contributed by atoms with Crippen LogP contribution in [0.1, 0.15) is 19.8 Å². The fraction of sp³-hybridized carbons (Fsp3) is 0.462. The number of piperidine rings is 1. The van der Waals surface area contributed by atoms with E-state index in [2.05, 4.69) is 0 Å². The zero-order valence-corrected chi connectivity index (χ0v) is 11.2. The molecule has 0 unspecified atom stereocenters. The molecule has 4 nitrogen and oxygen atoms in total. The molecule has 1 aliphatic rings. The molecule has 0 amide bonds. The summed E-state index contributed by atoms with van der Waals surface area (Å²) >= 11 is 0. The van der Waals surface area contributed by atoms with Gasteiger partial charge in [-0.25, -0.2) is 8.42 Å². The van der Waals surface area contributed by atoms with Crippen LogP contribution >= 0.6 is 0 Å². The summed E-state index contributed by atoms with van der Waals surface area (Å²) in [4.78, 5) is 13.6. The van der Waals surface area contributed by atoms with Gasteiger partial charge in [0.25, 0.3) is 0 Å². The second-order valence-electron chi connectivity index (χ2n) is 4.40. The maximum absolute atomic E-state index is 12.0. The lowest BCUT2D eigenvalue weighted by molar-refractivity contribution is -0.119. The molecule has 0 atom stereocenters. The molecule has 1 saturated heterocycles. The van der Waals surface area contributed by atoms with Crippen molar-refractivity contribution in [1.29, 1.82) is 0 Å². The number of Topliss-reactive ketones (excluding diaryl/α,β-unsaturated/α-hetero) is 1. The zero-order chi connectivity index (χ0) is 13.2. The van der Waals surface area contributed by atoms with E-state index in [1.165, 1.54) is 0 Å². The minimum Gasteiger partial charge on any atom is -0.370 e. The average molecular weight is 267 g/mol. The van der Waals surface area contributed by atoms with Crippen LogP contribution in [0.4, 0.5) is 5.69 Å². The van der Waals surface area contributed by atoms with E-state index < -0.39 is 9.84 Å². The summed E-state index contributed by atoms with van der Waals surface area (Å²) in [6.45, 7) is 2.86. The molecule has 0 aliphatic carbocycles. The second kappa shape index (κ2) is 5.10. The average Bonchev–Trinajstić information content (AvgIpc) is 2.40. The van der Waals surface area contributed by atoms with E-state index in [9.17, 15) is 13.2 Å². The summed E-state index contributed by atoms with van der Waals surface area (Å²) in [6, 6.07) is 7.03. The van der Waals surface area contributed by atoms with Crippen molar-refractivity contribution in [1.82, 2.24) is 0 Å². The number of anilines is 1. The first-order valence-electron chi connectivity index (χ1n) is 6.13. The molecule has 0 aromatic heterocycles. The number of ketones is 1. The molecule has 1 fully saturated rings. The molecule has 1 aliphatic heterocycles. The van der Waals surface area contributed by atoms with Crippen molar-refractivity contribution >= 4 is 21.3 Å². The Kier molecular flexibility index (Phi) is 3.71. The number of carbonyl (C=O) groups is 1. The molecule has 5 heteroatoms. The number of rotatable bonds is 3. The fourth-order valence-electron chi connectivity index (χ4n) is 2.13. The second-order valence-corrected chi connectivity index (χ2v) is 6.64. The van der Waals surface area contributed by atoms with Crippen LogP contribution in [0.3, 0.4) is 0 Å². The Morgan fingerprint density at radius 3 is 2.39 bits per heavy atom. The van der Waals surface area contributed by atoms with Gasteiger partial charge in [-0.3, -0.25) is 4.79 Å². The van der Waals surface area contributed by atoms with Crippen LogP contribution in [0, 0.1) is 0 Å². The van der Waals surface area contributed by atoms with Crippen LogP contribution in [0.5, 0.6) is 0 Å². The highest BCUT2D eigenvalue weighted by Gasteiger charge is 2.23. The normalized spacial score (nSPS) is 16.9. The molecular weight excluding hydrogens is 250 g/mol. The maximum atomic E-state index is 12.0. The minimum absolute atomic E-state index is 0.0940. The predicted molar refractivity (Wildman–Crippen MR) is 70.6 cm³/mol. The molecule has 1 aromatic rings. The van der Waals surface area contributed by atoms with Gasteiger partial charge in [0.2, 0.25) is 0 Å². The van der Waals surface area contributed by atoms with Crippen LogP contribution in [-0.4, -0.2) is 33.0 Å². The van der Waals surface area contributed by atoms with Crippen LogP contribution in [0.2, 0.25) is 0 Å². The van der Waals surface area contributed by atoms with Crippen molar-refractivity contribution < 1.29 is 13.2 Å². The number of para-hydroxylation sites is 1. The molecule has 18 heavy (non-hydrogen) atoms. The van der Waals surface area contributed by atoms with E-state index in [1.807, 2.05) is 17.0 Å². The number of nitrogens with zero attached hydrogens (tertiary/aromatic N) is 1. The Labute approximate surface area is 108 Å². The first-order chi connectivity index (χ1) is 8.54. The Bertz CT molecular complexity index is 541. The quantitative estimate of drug-likeness (QED) is 0.835. The first-order valence-corrected chi connectivity index (χ1v) is 7.78. The van der Waals surface area contributed by atoms with E-state index >= 15 is 0 Å². The van der Waals surface area contributed by atoms with Crippen LogP contribution in [0.15, 0.2) is 29.2 Å². The van der Waals surface area contributed by atoms with E-state index in [4.69, 9.17) is 0 Å². The van der Waals surface area contributed by atoms with Crippen molar-refractivity contribution in [3.63, 3.8) is 0 Å². The molecular formula is C13H17NO3S. The van der Waals surface area contributed by atoms with Crippen molar-refractivity contribution in [2.75, 3.05) is 23.7 Å². The highest BCUT2D eigenvalue weighted by molar-refractivity contribution is 7.91. The van der Waals surface area contributed by atoms with E-state index in [-0.39, 0.29) is 11.5 Å². The van der Waals surface area contributed by atoms with Crippen molar-refractivity contribution in [2.24, 2.45) is 0 Å². The summed E-state index contributed by atoms with van der Waals surface area (Å²) < 4.78 is 24.1. The van der Waals surface area contributed by atoms with Crippen LogP contribution < -0.4 is 4.90 Å². The van der Waals surface area contributed by atoms with Crippen LogP contribution in [0.25, 0.3) is 0 Å². The third kappa shape index (κ3) is 2.56. The monoisotopic (exact) mass is 267 g/mol. The molecule has 2 rings (SSSR count). The Morgan fingerprint density at radius 2 is 1.78 bits per heavy atom. The van der Waals surface area contributed by atoms with Gasteiger partial charge in [0, 0.05) is 25.9 Å². The third-order valence-corrected chi connectivity index (χ3v) is 5.02. The maximum Gasteiger partial charge on any atom is 0.180 e. The summed E-state index contributed by atoms with van der Waals surface area (Å²) in [6.07, 6.45) is 1.00. The molecule has 0 spiro atoms. The molecule has 1 heterocycles. The minimum atomic E-state index is -3.22. The van der Waals surface area contributed by atoms with Gasteiger partial charge in [0.1, 0.15) is 5.78 Å². The lowest BCUT2D eigenvalue weighted by Gasteiger charge is -2.29. The van der Waals surface area contributed by atoms with Crippen molar-refractivity contribution in [2.45, 2.75) is 24.7 Å². The lowest BCUT2D eigenvalue weighted by atomic mass is 10.1. The van der Waals surface area contributed by atoms with E-state index in [1.54, 1.807) is 19.1 Å². The van der Waals surface area contributed by atoms with Crippen LogP contribution in [-0.2, 0) is 14.6 Å². The number of sulfone groups is 1. The molecule has 0 radical (unpaired) electrons.